The van der Waals surface area contributed by atoms with Crippen molar-refractivity contribution in [3.63, 3.8) is 0 Å². The zero-order chi connectivity index (χ0) is 9.03. The molecule has 0 unspecified atom stereocenters. The van der Waals surface area contributed by atoms with Crippen molar-refractivity contribution in [3.05, 3.63) is 35.9 Å². The summed E-state index contributed by atoms with van der Waals surface area (Å²) in [5, 5.41) is 0. The van der Waals surface area contributed by atoms with Gasteiger partial charge in [0.05, 0.1) is 0 Å². The van der Waals surface area contributed by atoms with Crippen LogP contribution in [0.15, 0.2) is 30.3 Å². The Hall–Kier alpha value is 1.07. The van der Waals surface area contributed by atoms with Crippen molar-refractivity contribution in [1.29, 1.82) is 0 Å². The molecule has 0 aromatic heterocycles. The number of aryl methyl sites for hydroxylation is 1. The summed E-state index contributed by atoms with van der Waals surface area (Å²) in [6, 6.07) is 12.3. The fourth-order valence-electron chi connectivity index (χ4n) is 1.16. The van der Waals surface area contributed by atoms with Crippen LogP contribution >= 0.6 is 0 Å². The molecule has 1 aromatic carbocycles. The first-order valence-corrected chi connectivity index (χ1v) is 13.0. The molecule has 0 amide bonds. The van der Waals surface area contributed by atoms with Gasteiger partial charge in [-0.25, -0.2) is 0 Å². The first kappa shape index (κ1) is 11.1. The Bertz CT molecular complexity index is 225. The molecule has 0 saturated carbocycles. The molecular weight excluding hydrogens is 187 g/mol. The first-order chi connectivity index (χ1) is 5.58. The molecule has 1 rings (SSSR count). The van der Waals surface area contributed by atoms with Crippen LogP contribution in [0.25, 0.3) is 0 Å². The number of rotatable bonds is 3. The van der Waals surface area contributed by atoms with E-state index in [4.69, 9.17) is 0 Å². The van der Waals surface area contributed by atoms with E-state index >= 15 is 0 Å². The van der Waals surface area contributed by atoms with Crippen molar-refractivity contribution >= 4 is 48.4 Å². The molecule has 0 aliphatic rings. The van der Waals surface area contributed by atoms with Crippen LogP contribution in [0.2, 0.25) is 19.1 Å². The van der Waals surface area contributed by atoms with Crippen LogP contribution in [0.5, 0.6) is 0 Å². The molecule has 0 bridgehead atoms. The van der Waals surface area contributed by atoms with E-state index in [1.165, 1.54) is 18.0 Å². The Labute approximate surface area is 108 Å². The monoisotopic (exact) mass is 202 g/mol. The van der Waals surface area contributed by atoms with Gasteiger partial charge in [0.1, 0.15) is 0 Å². The van der Waals surface area contributed by atoms with E-state index in [2.05, 4.69) is 43.4 Å². The van der Waals surface area contributed by atoms with E-state index in [9.17, 15) is 0 Å². The van der Waals surface area contributed by atoms with Gasteiger partial charge < -0.3 is 0 Å². The minimum absolute atomic E-state index is 0.653. The third kappa shape index (κ3) is 4.95. The van der Waals surface area contributed by atoms with Gasteiger partial charge in [0.25, 0.3) is 0 Å². The Morgan fingerprint density at radius 1 is 1.17 bits per heavy atom. The Balaban J connectivity index is 2.44. The van der Waals surface area contributed by atoms with Crippen LogP contribution in [0, 0.1) is 0 Å². The zero-order valence-corrected chi connectivity index (χ0v) is 12.4. The SMILES string of the molecule is C[Si](C)([K])CCc1ccccc1. The molecule has 0 saturated heterocycles. The van der Waals surface area contributed by atoms with Gasteiger partial charge in [-0.2, -0.15) is 0 Å². The quantitative estimate of drug-likeness (QED) is 0.661. The third-order valence-corrected chi connectivity index (χ3v) is 6.10. The maximum atomic E-state index is 2.51. The van der Waals surface area contributed by atoms with Crippen molar-refractivity contribution in [3.8, 4) is 0 Å². The summed E-state index contributed by atoms with van der Waals surface area (Å²) in [5.74, 6) is 0. The van der Waals surface area contributed by atoms with E-state index in [-0.39, 0.29) is 0 Å². The Morgan fingerprint density at radius 2 is 1.75 bits per heavy atom. The average molecular weight is 202 g/mol. The van der Waals surface area contributed by atoms with E-state index in [1.54, 1.807) is 0 Å². The molecule has 0 atom stereocenters. The molecule has 12 heavy (non-hydrogen) atoms. The number of benzene rings is 1. The van der Waals surface area contributed by atoms with Crippen molar-refractivity contribution in [2.75, 3.05) is 0 Å². The molecule has 0 heterocycles. The topological polar surface area (TPSA) is 0 Å². The van der Waals surface area contributed by atoms with Crippen LogP contribution in [0.3, 0.4) is 0 Å². The zero-order valence-electron chi connectivity index (χ0n) is 8.30. The predicted octanol–water partition coefficient (Wildman–Crippen LogP) is 2.60. The molecule has 0 spiro atoms. The van der Waals surface area contributed by atoms with Crippen LogP contribution in [0.1, 0.15) is 5.56 Å². The fraction of sp³-hybridized carbons (Fsp3) is 0.400. The standard InChI is InChI=1S/C10H15Si.K/c1-11(2)9-8-10-6-4-3-5-7-10;/h3-7H,8-9H2,1-2H3;. The van der Waals surface area contributed by atoms with E-state index in [0.717, 1.165) is 47.7 Å². The second-order valence-electron chi connectivity index (χ2n) is 4.55. The predicted molar refractivity (Wildman–Crippen MR) is 58.2 cm³/mol. The summed E-state index contributed by atoms with van der Waals surface area (Å²) >= 11 is 1.08. The molecule has 1 aromatic rings. The fourth-order valence-corrected chi connectivity index (χ4v) is 3.37. The second kappa shape index (κ2) is 5.08. The first-order valence-electron chi connectivity index (χ1n) is 4.62. The van der Waals surface area contributed by atoms with Gasteiger partial charge in [0.15, 0.2) is 0 Å². The van der Waals surface area contributed by atoms with Crippen molar-refractivity contribution in [1.82, 2.24) is 0 Å². The third-order valence-electron chi connectivity index (χ3n) is 2.01. The van der Waals surface area contributed by atoms with E-state index in [1.807, 2.05) is 0 Å². The maximum absolute atomic E-state index is 2.51. The summed E-state index contributed by atoms with van der Waals surface area (Å²) < 4.78 is -0.653. The molecule has 0 aliphatic carbocycles. The van der Waals surface area contributed by atoms with Gasteiger partial charge in [0, 0.05) is 0 Å². The van der Waals surface area contributed by atoms with Crippen molar-refractivity contribution in [2.45, 2.75) is 25.6 Å². The average Bonchev–Trinajstić information content (AvgIpc) is 2.02. The Morgan fingerprint density at radius 3 is 2.25 bits per heavy atom. The van der Waals surface area contributed by atoms with Gasteiger partial charge >= 0.3 is 110 Å². The molecule has 60 valence electrons. The van der Waals surface area contributed by atoms with Crippen molar-refractivity contribution < 1.29 is 0 Å². The van der Waals surface area contributed by atoms with Gasteiger partial charge in [-0.05, 0) is 0 Å². The summed E-state index contributed by atoms with van der Waals surface area (Å²) in [5.41, 5.74) is 1.52. The van der Waals surface area contributed by atoms with Crippen LogP contribution in [-0.4, -0.2) is 48.4 Å². The molecular formula is C10H15KSi. The number of hydrogen-bond donors (Lipinski definition) is 0. The number of hydrogen-bond acceptors (Lipinski definition) is 0. The summed E-state index contributed by atoms with van der Waals surface area (Å²) in [6.07, 6.45) is 1.31. The second-order valence-corrected chi connectivity index (χ2v) is 22.8. The van der Waals surface area contributed by atoms with E-state index < -0.39 is 0.755 Å². The van der Waals surface area contributed by atoms with E-state index in [0.29, 0.717) is 0 Å². The van der Waals surface area contributed by atoms with Gasteiger partial charge in [-0.1, -0.05) is 0 Å². The van der Waals surface area contributed by atoms with Crippen molar-refractivity contribution in [2.24, 2.45) is 0 Å². The van der Waals surface area contributed by atoms with Gasteiger partial charge in [-0.3, -0.25) is 0 Å². The minimum atomic E-state index is -0.653. The van der Waals surface area contributed by atoms with Gasteiger partial charge in [0.2, 0.25) is 0 Å². The summed E-state index contributed by atoms with van der Waals surface area (Å²) in [6.45, 7) is 5.02. The van der Waals surface area contributed by atoms with Gasteiger partial charge in [-0.15, -0.1) is 0 Å². The molecule has 0 aliphatic heterocycles. The van der Waals surface area contributed by atoms with Crippen LogP contribution in [-0.2, 0) is 6.42 Å². The molecule has 2 heteroatoms. The molecule has 0 radical (unpaired) electrons. The van der Waals surface area contributed by atoms with Crippen LogP contribution in [0.4, 0.5) is 0 Å². The normalized spacial score (nSPS) is 11.7. The molecule has 0 fully saturated rings. The molecule has 0 nitrogen and oxygen atoms in total. The molecule has 0 N–H and O–H groups in total. The Kier molecular flexibility index (Phi) is 4.72. The van der Waals surface area contributed by atoms with Crippen LogP contribution < -0.4 is 0 Å². The summed E-state index contributed by atoms with van der Waals surface area (Å²) in [7, 11) is 0. The summed E-state index contributed by atoms with van der Waals surface area (Å²) in [4.78, 5) is 0.